The van der Waals surface area contributed by atoms with E-state index in [9.17, 15) is 10.1 Å². The fraction of sp³-hybridized carbons (Fsp3) is 0.385. The average Bonchev–Trinajstić information content (AvgIpc) is 3.17. The van der Waals surface area contributed by atoms with Gasteiger partial charge in [0.2, 0.25) is 0 Å². The number of para-hydroxylation sites is 1. The Kier molecular flexibility index (Phi) is 5.10. The maximum Gasteiger partial charge on any atom is 0.162 e. The summed E-state index contributed by atoms with van der Waals surface area (Å²) < 4.78 is 0. The quantitative estimate of drug-likeness (QED) is 0.634. The van der Waals surface area contributed by atoms with Crippen LogP contribution in [0.1, 0.15) is 63.1 Å². The molecule has 0 spiro atoms. The molecule has 31 heavy (non-hydrogen) atoms. The van der Waals surface area contributed by atoms with E-state index in [0.29, 0.717) is 17.8 Å². The molecule has 1 aromatic heterocycles. The minimum Gasteiger partial charge on any atom is -0.384 e. The van der Waals surface area contributed by atoms with Gasteiger partial charge in [0.15, 0.2) is 5.78 Å². The van der Waals surface area contributed by atoms with Gasteiger partial charge in [0.1, 0.15) is 5.82 Å². The lowest BCUT2D eigenvalue weighted by molar-refractivity contribution is -0.118. The van der Waals surface area contributed by atoms with Gasteiger partial charge >= 0.3 is 0 Å². The van der Waals surface area contributed by atoms with E-state index in [1.165, 1.54) is 4.88 Å². The number of carbonyl (C=O) groups is 1. The van der Waals surface area contributed by atoms with E-state index in [1.807, 2.05) is 35.2 Å². The van der Waals surface area contributed by atoms with Gasteiger partial charge in [-0.05, 0) is 41.5 Å². The number of thiophene rings is 1. The summed E-state index contributed by atoms with van der Waals surface area (Å²) in [4.78, 5) is 17.7. The van der Waals surface area contributed by atoms with E-state index >= 15 is 0 Å². The first kappa shape index (κ1) is 21.4. The first-order valence-electron chi connectivity index (χ1n) is 10.6. The maximum atomic E-state index is 13.5. The summed E-state index contributed by atoms with van der Waals surface area (Å²) in [6, 6.07) is 16.3. The van der Waals surface area contributed by atoms with Crippen LogP contribution in [0.4, 0.5) is 5.69 Å². The van der Waals surface area contributed by atoms with Gasteiger partial charge in [-0.3, -0.25) is 9.69 Å². The highest BCUT2D eigenvalue weighted by Crippen LogP contribution is 2.51. The highest BCUT2D eigenvalue weighted by atomic mass is 32.1. The average molecular weight is 432 g/mol. The van der Waals surface area contributed by atoms with E-state index < -0.39 is 5.92 Å². The van der Waals surface area contributed by atoms with Crippen molar-refractivity contribution in [2.45, 2.75) is 58.8 Å². The summed E-state index contributed by atoms with van der Waals surface area (Å²) in [5.74, 6) is 0.140. The molecule has 1 aliphatic carbocycles. The van der Waals surface area contributed by atoms with Crippen molar-refractivity contribution in [1.29, 1.82) is 5.26 Å². The number of nitrogens with zero attached hydrogens (tertiary/aromatic N) is 2. The van der Waals surface area contributed by atoms with Crippen LogP contribution in [0.15, 0.2) is 65.1 Å². The van der Waals surface area contributed by atoms with Crippen molar-refractivity contribution >= 4 is 22.8 Å². The molecule has 0 saturated carbocycles. The van der Waals surface area contributed by atoms with Crippen LogP contribution in [-0.2, 0) is 10.2 Å². The van der Waals surface area contributed by atoms with Crippen LogP contribution in [0.2, 0.25) is 0 Å². The molecule has 1 atom stereocenters. The molecule has 0 fully saturated rings. The second-order valence-corrected chi connectivity index (χ2v) is 11.4. The maximum absolute atomic E-state index is 13.5. The molecule has 4 rings (SSSR count). The molecule has 2 aliphatic rings. The third-order valence-electron chi connectivity index (χ3n) is 6.05. The summed E-state index contributed by atoms with van der Waals surface area (Å²) in [6.45, 7) is 10.8. The fourth-order valence-electron chi connectivity index (χ4n) is 4.58. The zero-order valence-corrected chi connectivity index (χ0v) is 19.6. The van der Waals surface area contributed by atoms with Crippen molar-refractivity contribution < 1.29 is 4.79 Å². The van der Waals surface area contributed by atoms with Crippen molar-refractivity contribution in [3.8, 4) is 6.07 Å². The lowest BCUT2D eigenvalue weighted by Gasteiger charge is -2.43. The van der Waals surface area contributed by atoms with Crippen molar-refractivity contribution in [3.05, 3.63) is 74.9 Å². The molecule has 2 N–H and O–H groups in total. The van der Waals surface area contributed by atoms with Crippen molar-refractivity contribution in [1.82, 2.24) is 0 Å². The van der Waals surface area contributed by atoms with Crippen LogP contribution >= 0.6 is 11.3 Å². The van der Waals surface area contributed by atoms with Gasteiger partial charge in [0.25, 0.3) is 0 Å². The second-order valence-electron chi connectivity index (χ2n) is 10.3. The molecule has 4 nitrogen and oxygen atoms in total. The smallest absolute Gasteiger partial charge is 0.162 e. The van der Waals surface area contributed by atoms with Gasteiger partial charge in [-0.15, -0.1) is 11.3 Å². The lowest BCUT2D eigenvalue weighted by Crippen LogP contribution is -2.42. The summed E-state index contributed by atoms with van der Waals surface area (Å²) in [5, 5.41) is 10.2. The number of carbonyl (C=O) groups excluding carboxylic acids is 1. The highest BCUT2D eigenvalue weighted by molar-refractivity contribution is 7.12. The number of anilines is 1. The van der Waals surface area contributed by atoms with Crippen LogP contribution in [0.3, 0.4) is 0 Å². The van der Waals surface area contributed by atoms with Gasteiger partial charge in [-0.1, -0.05) is 52.8 Å². The standard InChI is InChI=1S/C26H29N3OS/c1-25(2,3)21-12-11-20(31-21)22-17(15-27)24(28)29(16-9-7-6-8-10-16)18-13-26(4,5)14-19(30)23(18)22/h6-12,22H,13-14,28H2,1-5H3/t22-/m0/s1. The van der Waals surface area contributed by atoms with Gasteiger partial charge < -0.3 is 5.73 Å². The number of nitriles is 1. The molecule has 2 heterocycles. The molecular weight excluding hydrogens is 402 g/mol. The second kappa shape index (κ2) is 7.39. The Morgan fingerprint density at radius 3 is 2.39 bits per heavy atom. The topological polar surface area (TPSA) is 70.1 Å². The zero-order valence-electron chi connectivity index (χ0n) is 18.8. The molecule has 0 amide bonds. The molecule has 0 saturated heterocycles. The SMILES string of the molecule is CC1(C)CC(=O)C2=C(C1)N(c1ccccc1)C(N)=C(C#N)[C@H]2c1ccc(C(C)(C)C)s1. The number of hydrogen-bond donors (Lipinski definition) is 1. The van der Waals surface area contributed by atoms with E-state index in [0.717, 1.165) is 28.3 Å². The summed E-state index contributed by atoms with van der Waals surface area (Å²) in [7, 11) is 0. The predicted molar refractivity (Wildman–Crippen MR) is 127 cm³/mol. The number of hydrogen-bond acceptors (Lipinski definition) is 5. The van der Waals surface area contributed by atoms with E-state index in [4.69, 9.17) is 5.73 Å². The Bertz CT molecular complexity index is 1140. The normalized spacial score (nSPS) is 21.2. The van der Waals surface area contributed by atoms with Crippen molar-refractivity contribution in [2.24, 2.45) is 11.1 Å². The van der Waals surface area contributed by atoms with Crippen LogP contribution in [-0.4, -0.2) is 5.78 Å². The Labute approximate surface area is 188 Å². The van der Waals surface area contributed by atoms with Crippen LogP contribution in [0.25, 0.3) is 0 Å². The van der Waals surface area contributed by atoms with Gasteiger partial charge in [-0.25, -0.2) is 0 Å². The van der Waals surface area contributed by atoms with E-state index in [2.05, 4.69) is 52.8 Å². The number of nitrogens with two attached hydrogens (primary N) is 1. The third kappa shape index (κ3) is 3.70. The van der Waals surface area contributed by atoms with Gasteiger partial charge in [-0.2, -0.15) is 5.26 Å². The van der Waals surface area contributed by atoms with E-state index in [-0.39, 0.29) is 16.6 Å². The Hall–Kier alpha value is -2.84. The molecule has 1 aromatic carbocycles. The summed E-state index contributed by atoms with van der Waals surface area (Å²) >= 11 is 1.68. The lowest BCUT2D eigenvalue weighted by atomic mass is 9.69. The largest absolute Gasteiger partial charge is 0.384 e. The zero-order chi connectivity index (χ0) is 22.6. The molecule has 2 aromatic rings. The van der Waals surface area contributed by atoms with Crippen LogP contribution in [0.5, 0.6) is 0 Å². The first-order valence-corrected chi connectivity index (χ1v) is 11.5. The number of ketones is 1. The first-order chi connectivity index (χ1) is 14.5. The third-order valence-corrected chi connectivity index (χ3v) is 7.62. The Morgan fingerprint density at radius 1 is 1.13 bits per heavy atom. The van der Waals surface area contributed by atoms with Crippen LogP contribution < -0.4 is 10.6 Å². The number of benzene rings is 1. The molecule has 0 bridgehead atoms. The van der Waals surface area contributed by atoms with Gasteiger partial charge in [0.05, 0.1) is 17.6 Å². The molecule has 1 aliphatic heterocycles. The number of Topliss-reactive ketones (excluding diaryl/α,β-unsaturated/α-hetero) is 1. The Balaban J connectivity index is 1.97. The molecule has 0 unspecified atom stereocenters. The Morgan fingerprint density at radius 2 is 1.81 bits per heavy atom. The molecule has 0 radical (unpaired) electrons. The molecular formula is C26H29N3OS. The number of rotatable bonds is 2. The summed E-state index contributed by atoms with van der Waals surface area (Å²) in [6.07, 6.45) is 1.21. The minimum atomic E-state index is -0.398. The van der Waals surface area contributed by atoms with Crippen LogP contribution in [0, 0.1) is 16.7 Å². The van der Waals surface area contributed by atoms with E-state index in [1.54, 1.807) is 11.3 Å². The fourth-order valence-corrected chi connectivity index (χ4v) is 5.76. The number of allylic oxidation sites excluding steroid dienone is 3. The minimum absolute atomic E-state index is 0.00546. The predicted octanol–water partition coefficient (Wildman–Crippen LogP) is 5.99. The van der Waals surface area contributed by atoms with Crippen molar-refractivity contribution in [2.75, 3.05) is 4.90 Å². The van der Waals surface area contributed by atoms with Gasteiger partial charge in [0, 0.05) is 33.1 Å². The van der Waals surface area contributed by atoms with Crippen molar-refractivity contribution in [3.63, 3.8) is 0 Å². The highest BCUT2D eigenvalue weighted by Gasteiger charge is 2.45. The molecule has 5 heteroatoms. The monoisotopic (exact) mass is 431 g/mol. The summed E-state index contributed by atoms with van der Waals surface area (Å²) in [5.41, 5.74) is 9.51. The molecule has 160 valence electrons.